The molecule has 2 aromatic rings. The Balaban J connectivity index is 1.37. The molecule has 1 aliphatic heterocycles. The van der Waals surface area contributed by atoms with Gasteiger partial charge >= 0.3 is 0 Å². The molecule has 0 saturated carbocycles. The summed E-state index contributed by atoms with van der Waals surface area (Å²) in [4.78, 5) is 11.0. The zero-order chi connectivity index (χ0) is 22.4. The predicted octanol–water partition coefficient (Wildman–Crippen LogP) is 3.82. The number of hydrogen-bond donors (Lipinski definition) is 0. The van der Waals surface area contributed by atoms with Gasteiger partial charge < -0.3 is 24.1 Å². The normalized spacial score (nSPS) is 17.8. The van der Waals surface area contributed by atoms with Gasteiger partial charge in [-0.05, 0) is 53.8 Å². The van der Waals surface area contributed by atoms with E-state index in [0.29, 0.717) is 19.8 Å². The van der Waals surface area contributed by atoms with Crippen LogP contribution in [0.25, 0.3) is 5.57 Å². The molecule has 32 heavy (non-hydrogen) atoms. The first-order chi connectivity index (χ1) is 15.6. The summed E-state index contributed by atoms with van der Waals surface area (Å²) in [5.41, 5.74) is 4.46. The third kappa shape index (κ3) is 5.40. The molecule has 1 heterocycles. The molecule has 2 aromatic carbocycles. The molecule has 1 aliphatic carbocycles. The van der Waals surface area contributed by atoms with Crippen LogP contribution in [0.4, 0.5) is 0 Å². The summed E-state index contributed by atoms with van der Waals surface area (Å²) in [6.07, 6.45) is 4.71. The molecular formula is C27H27O5-. The van der Waals surface area contributed by atoms with Crippen molar-refractivity contribution in [1.29, 1.82) is 0 Å². The molecule has 0 radical (unpaired) electrons. The topological polar surface area (TPSA) is 67.8 Å². The maximum absolute atomic E-state index is 11.0. The highest BCUT2D eigenvalue weighted by Gasteiger charge is 2.37. The zero-order valence-electron chi connectivity index (χ0n) is 18.3. The number of rotatable bonds is 7. The SMILES string of the molecule is CC#CC(CC(=O)[O-])c1ccc(OCc2cccc(C3=CCC4(CC3)OCCO4)c2)cc1. The molecule has 1 atom stereocenters. The summed E-state index contributed by atoms with van der Waals surface area (Å²) in [5.74, 6) is 4.56. The number of hydrogen-bond acceptors (Lipinski definition) is 5. The molecular weight excluding hydrogens is 404 g/mol. The molecule has 1 fully saturated rings. The Morgan fingerprint density at radius 3 is 2.62 bits per heavy atom. The minimum absolute atomic E-state index is 0.122. The summed E-state index contributed by atoms with van der Waals surface area (Å²) in [7, 11) is 0. The fourth-order valence-electron chi connectivity index (χ4n) is 4.25. The number of aliphatic carboxylic acids is 1. The summed E-state index contributed by atoms with van der Waals surface area (Å²) in [5, 5.41) is 11.0. The minimum Gasteiger partial charge on any atom is -0.550 e. The maximum Gasteiger partial charge on any atom is 0.172 e. The van der Waals surface area contributed by atoms with Gasteiger partial charge in [0.05, 0.1) is 19.1 Å². The van der Waals surface area contributed by atoms with E-state index in [4.69, 9.17) is 14.2 Å². The van der Waals surface area contributed by atoms with E-state index in [1.54, 1.807) is 6.92 Å². The molecule has 1 saturated heterocycles. The van der Waals surface area contributed by atoms with E-state index < -0.39 is 11.8 Å². The second-order valence-electron chi connectivity index (χ2n) is 8.12. The van der Waals surface area contributed by atoms with Crippen LogP contribution in [0.1, 0.15) is 55.2 Å². The number of ether oxygens (including phenoxy) is 3. The van der Waals surface area contributed by atoms with E-state index >= 15 is 0 Å². The van der Waals surface area contributed by atoms with Gasteiger partial charge in [-0.2, -0.15) is 0 Å². The molecule has 0 amide bonds. The first-order valence-electron chi connectivity index (χ1n) is 11.0. The average Bonchev–Trinajstić information content (AvgIpc) is 3.26. The molecule has 166 valence electrons. The van der Waals surface area contributed by atoms with Crippen LogP contribution in [-0.4, -0.2) is 25.0 Å². The number of carbonyl (C=O) groups is 1. The Kier molecular flexibility index (Phi) is 6.94. The van der Waals surface area contributed by atoms with E-state index in [9.17, 15) is 9.90 Å². The van der Waals surface area contributed by atoms with E-state index in [0.717, 1.165) is 36.1 Å². The lowest BCUT2D eigenvalue weighted by Gasteiger charge is -2.30. The number of carboxylic acid groups (broad SMARTS) is 1. The lowest BCUT2D eigenvalue weighted by molar-refractivity contribution is -0.305. The van der Waals surface area contributed by atoms with Gasteiger partial charge in [0.15, 0.2) is 5.79 Å². The largest absolute Gasteiger partial charge is 0.550 e. The van der Waals surface area contributed by atoms with Crippen LogP contribution in [0.3, 0.4) is 0 Å². The van der Waals surface area contributed by atoms with Crippen molar-refractivity contribution < 1.29 is 24.1 Å². The summed E-state index contributed by atoms with van der Waals surface area (Å²) < 4.78 is 17.6. The quantitative estimate of drug-likeness (QED) is 0.624. The van der Waals surface area contributed by atoms with Crippen molar-refractivity contribution in [1.82, 2.24) is 0 Å². The van der Waals surface area contributed by atoms with Gasteiger partial charge in [-0.25, -0.2) is 0 Å². The molecule has 2 aliphatic rings. The van der Waals surface area contributed by atoms with E-state index in [-0.39, 0.29) is 12.3 Å². The van der Waals surface area contributed by atoms with Crippen molar-refractivity contribution in [2.45, 2.75) is 50.9 Å². The molecule has 5 heteroatoms. The fraction of sp³-hybridized carbons (Fsp3) is 0.370. The highest BCUT2D eigenvalue weighted by Crippen LogP contribution is 2.38. The predicted molar refractivity (Wildman–Crippen MR) is 119 cm³/mol. The van der Waals surface area contributed by atoms with Gasteiger partial charge in [-0.3, -0.25) is 0 Å². The Morgan fingerprint density at radius 2 is 1.97 bits per heavy atom. The molecule has 1 spiro atoms. The number of benzene rings is 2. The van der Waals surface area contributed by atoms with E-state index in [1.165, 1.54) is 11.1 Å². The van der Waals surface area contributed by atoms with Crippen molar-refractivity contribution in [3.8, 4) is 17.6 Å². The van der Waals surface area contributed by atoms with Crippen LogP contribution in [0.2, 0.25) is 0 Å². The van der Waals surface area contributed by atoms with Crippen LogP contribution >= 0.6 is 0 Å². The van der Waals surface area contributed by atoms with E-state index in [2.05, 4.69) is 42.2 Å². The molecule has 5 nitrogen and oxygen atoms in total. The van der Waals surface area contributed by atoms with Gasteiger partial charge in [0.25, 0.3) is 0 Å². The highest BCUT2D eigenvalue weighted by molar-refractivity contribution is 5.67. The third-order valence-electron chi connectivity index (χ3n) is 5.92. The monoisotopic (exact) mass is 431 g/mol. The summed E-state index contributed by atoms with van der Waals surface area (Å²) >= 11 is 0. The van der Waals surface area contributed by atoms with Crippen LogP contribution in [0.5, 0.6) is 5.75 Å². The molecule has 0 aromatic heterocycles. The lowest BCUT2D eigenvalue weighted by atomic mass is 9.89. The van der Waals surface area contributed by atoms with Crippen molar-refractivity contribution >= 4 is 11.5 Å². The number of carbonyl (C=O) groups excluding carboxylic acids is 1. The van der Waals surface area contributed by atoms with Gasteiger partial charge in [0.2, 0.25) is 0 Å². The first kappa shape index (κ1) is 22.1. The molecule has 0 bridgehead atoms. The van der Waals surface area contributed by atoms with Gasteiger partial charge in [-0.15, -0.1) is 5.92 Å². The lowest BCUT2D eigenvalue weighted by Crippen LogP contribution is -2.31. The highest BCUT2D eigenvalue weighted by atomic mass is 16.7. The Labute approximate surface area is 189 Å². The fourth-order valence-corrected chi connectivity index (χ4v) is 4.25. The third-order valence-corrected chi connectivity index (χ3v) is 5.92. The molecule has 0 N–H and O–H groups in total. The minimum atomic E-state index is -1.11. The van der Waals surface area contributed by atoms with Gasteiger partial charge in [0.1, 0.15) is 12.4 Å². The van der Waals surface area contributed by atoms with Crippen LogP contribution in [0.15, 0.2) is 54.6 Å². The number of carboxylic acids is 1. The smallest absolute Gasteiger partial charge is 0.172 e. The van der Waals surface area contributed by atoms with Crippen LogP contribution in [0, 0.1) is 11.8 Å². The summed E-state index contributed by atoms with van der Waals surface area (Å²) in [6.45, 7) is 3.51. The summed E-state index contributed by atoms with van der Waals surface area (Å²) in [6, 6.07) is 15.8. The first-order valence-corrected chi connectivity index (χ1v) is 11.0. The molecule has 1 unspecified atom stereocenters. The number of allylic oxidation sites excluding steroid dienone is 1. The van der Waals surface area contributed by atoms with Crippen molar-refractivity contribution in [3.05, 3.63) is 71.3 Å². The van der Waals surface area contributed by atoms with Crippen molar-refractivity contribution in [3.63, 3.8) is 0 Å². The Morgan fingerprint density at radius 1 is 1.19 bits per heavy atom. The van der Waals surface area contributed by atoms with Crippen molar-refractivity contribution in [2.75, 3.05) is 13.2 Å². The second kappa shape index (κ2) is 10.0. The Hall–Kier alpha value is -3.07. The van der Waals surface area contributed by atoms with Crippen molar-refractivity contribution in [2.24, 2.45) is 0 Å². The van der Waals surface area contributed by atoms with E-state index in [1.807, 2.05) is 24.3 Å². The Bertz CT molecular complexity index is 1040. The van der Waals surface area contributed by atoms with Gasteiger partial charge in [-0.1, -0.05) is 42.3 Å². The average molecular weight is 432 g/mol. The van der Waals surface area contributed by atoms with Crippen LogP contribution in [-0.2, 0) is 20.9 Å². The van der Waals surface area contributed by atoms with Gasteiger partial charge in [0, 0.05) is 25.2 Å². The zero-order valence-corrected chi connectivity index (χ0v) is 18.3. The second-order valence-corrected chi connectivity index (χ2v) is 8.12. The standard InChI is InChI=1S/C27H28O5/c1-2-4-23(18-26(28)29)21-7-9-25(10-8-21)30-19-20-5-3-6-24(17-20)22-11-13-27(14-12-22)31-15-16-32-27/h3,5-11,17,23H,12-16,18-19H2,1H3,(H,28,29)/p-1. The molecule has 4 rings (SSSR count). The van der Waals surface area contributed by atoms with Crippen LogP contribution < -0.4 is 9.84 Å². The maximum atomic E-state index is 11.0.